The normalized spacial score (nSPS) is 14.5. The largest absolute Gasteiger partial charge is 0.368 e. The Morgan fingerprint density at radius 1 is 0.964 bits per heavy atom. The number of benzene rings is 2. The predicted molar refractivity (Wildman–Crippen MR) is 109 cm³/mol. The molecule has 1 N–H and O–H groups in total. The number of para-hydroxylation sites is 1. The molecule has 1 amide bonds. The van der Waals surface area contributed by atoms with Crippen molar-refractivity contribution in [1.82, 2.24) is 14.5 Å². The van der Waals surface area contributed by atoms with Crippen molar-refractivity contribution >= 4 is 34.1 Å². The van der Waals surface area contributed by atoms with Crippen LogP contribution in [0.25, 0.3) is 10.9 Å². The first-order valence-corrected chi connectivity index (χ1v) is 9.41. The third-order valence-corrected chi connectivity index (χ3v) is 5.26. The summed E-state index contributed by atoms with van der Waals surface area (Å²) in [6.45, 7) is 2.15. The first-order chi connectivity index (χ1) is 13.5. The topological polar surface area (TPSA) is 78.4 Å². The highest BCUT2D eigenvalue weighted by molar-refractivity contribution is 6.30. The second kappa shape index (κ2) is 7.52. The fraction of sp³-hybridized carbons (Fsp3) is 0.250. The number of amides is 1. The molecule has 2 aromatic carbocycles. The van der Waals surface area contributed by atoms with Crippen LogP contribution in [-0.2, 0) is 11.3 Å². The van der Waals surface area contributed by atoms with Gasteiger partial charge in [-0.2, -0.15) is 0 Å². The van der Waals surface area contributed by atoms with Crippen LogP contribution in [0.1, 0.15) is 0 Å². The Labute approximate surface area is 165 Å². The number of piperazine rings is 1. The molecule has 4 rings (SSSR count). The van der Waals surface area contributed by atoms with Crippen LogP contribution in [0.15, 0.2) is 58.1 Å². The van der Waals surface area contributed by atoms with Crippen molar-refractivity contribution in [2.45, 2.75) is 6.54 Å². The highest BCUT2D eigenvalue weighted by Gasteiger charge is 2.22. The fourth-order valence-corrected chi connectivity index (χ4v) is 3.57. The molecule has 0 atom stereocenters. The highest BCUT2D eigenvalue weighted by atomic mass is 35.5. The van der Waals surface area contributed by atoms with Gasteiger partial charge in [-0.05, 0) is 36.4 Å². The summed E-state index contributed by atoms with van der Waals surface area (Å²) >= 11 is 5.93. The molecule has 1 aliphatic rings. The number of carbonyl (C=O) groups is 1. The lowest BCUT2D eigenvalue weighted by Gasteiger charge is -2.36. The molecule has 1 aromatic heterocycles. The lowest BCUT2D eigenvalue weighted by molar-refractivity contribution is -0.132. The maximum absolute atomic E-state index is 12.7. The summed E-state index contributed by atoms with van der Waals surface area (Å²) in [7, 11) is 0. The summed E-state index contributed by atoms with van der Waals surface area (Å²) < 4.78 is 0.968. The van der Waals surface area contributed by atoms with Gasteiger partial charge in [0.2, 0.25) is 5.91 Å². The summed E-state index contributed by atoms with van der Waals surface area (Å²) in [5.41, 5.74) is 0.501. The molecule has 7 nitrogen and oxygen atoms in total. The van der Waals surface area contributed by atoms with Gasteiger partial charge in [0.05, 0.1) is 10.9 Å². The molecular weight excluding hydrogens is 380 g/mol. The molecule has 28 heavy (non-hydrogen) atoms. The number of H-pyrrole nitrogens is 1. The Morgan fingerprint density at radius 3 is 2.36 bits per heavy atom. The number of rotatable bonds is 3. The van der Waals surface area contributed by atoms with Crippen molar-refractivity contribution in [2.75, 3.05) is 31.1 Å². The van der Waals surface area contributed by atoms with Crippen LogP contribution in [0.2, 0.25) is 5.02 Å². The first-order valence-electron chi connectivity index (χ1n) is 9.03. The van der Waals surface area contributed by atoms with Gasteiger partial charge < -0.3 is 14.8 Å². The number of fused-ring (bicyclic) bond motifs is 1. The van der Waals surface area contributed by atoms with Crippen molar-refractivity contribution in [3.8, 4) is 0 Å². The number of hydrogen-bond donors (Lipinski definition) is 1. The molecule has 0 aliphatic carbocycles. The van der Waals surface area contributed by atoms with Gasteiger partial charge in [0.1, 0.15) is 6.54 Å². The average Bonchev–Trinajstić information content (AvgIpc) is 2.72. The zero-order valence-electron chi connectivity index (χ0n) is 15.1. The lowest BCUT2D eigenvalue weighted by Crippen LogP contribution is -2.51. The van der Waals surface area contributed by atoms with Crippen molar-refractivity contribution in [3.63, 3.8) is 0 Å². The van der Waals surface area contributed by atoms with Crippen LogP contribution in [0.5, 0.6) is 0 Å². The lowest BCUT2D eigenvalue weighted by atomic mass is 10.2. The summed E-state index contributed by atoms with van der Waals surface area (Å²) in [4.78, 5) is 44.0. The highest BCUT2D eigenvalue weighted by Crippen LogP contribution is 2.19. The second-order valence-electron chi connectivity index (χ2n) is 6.71. The van der Waals surface area contributed by atoms with Crippen LogP contribution >= 0.6 is 11.6 Å². The minimum Gasteiger partial charge on any atom is -0.368 e. The Balaban J connectivity index is 1.47. The van der Waals surface area contributed by atoms with Crippen molar-refractivity contribution in [2.24, 2.45) is 0 Å². The first kappa shape index (κ1) is 18.3. The Bertz CT molecular complexity index is 1130. The molecule has 0 unspecified atom stereocenters. The van der Waals surface area contributed by atoms with E-state index in [0.717, 1.165) is 10.3 Å². The zero-order chi connectivity index (χ0) is 19.7. The number of nitrogens with zero attached hydrogens (tertiary/aromatic N) is 3. The van der Waals surface area contributed by atoms with Gasteiger partial charge in [0, 0.05) is 36.9 Å². The Morgan fingerprint density at radius 2 is 1.64 bits per heavy atom. The van der Waals surface area contributed by atoms with E-state index in [1.54, 1.807) is 29.2 Å². The van der Waals surface area contributed by atoms with E-state index in [1.165, 1.54) is 0 Å². The van der Waals surface area contributed by atoms with Crippen molar-refractivity contribution in [3.05, 3.63) is 74.4 Å². The SMILES string of the molecule is O=C(Cn1c(=O)[nH]c2ccccc2c1=O)N1CCN(c2ccc(Cl)cc2)CC1. The minimum atomic E-state index is -0.572. The van der Waals surface area contributed by atoms with Gasteiger partial charge in [-0.3, -0.25) is 14.2 Å². The van der Waals surface area contributed by atoms with Crippen molar-refractivity contribution in [1.29, 1.82) is 0 Å². The van der Waals surface area contributed by atoms with E-state index in [9.17, 15) is 14.4 Å². The fourth-order valence-electron chi connectivity index (χ4n) is 3.44. The number of hydrogen-bond acceptors (Lipinski definition) is 4. The smallest absolute Gasteiger partial charge is 0.329 e. The number of aromatic nitrogens is 2. The molecule has 2 heterocycles. The standard InChI is InChI=1S/C20H19ClN4O3/c21-14-5-7-15(8-6-14)23-9-11-24(12-10-23)18(26)13-25-19(27)16-3-1-2-4-17(16)22-20(25)28/h1-8H,9-13H2,(H,22,28). The quantitative estimate of drug-likeness (QED) is 0.728. The minimum absolute atomic E-state index is 0.237. The molecule has 0 bridgehead atoms. The summed E-state index contributed by atoms with van der Waals surface area (Å²) in [6, 6.07) is 14.4. The van der Waals surface area contributed by atoms with Gasteiger partial charge in [0.15, 0.2) is 0 Å². The number of aromatic amines is 1. The predicted octanol–water partition coefficient (Wildman–Crippen LogP) is 1.69. The maximum atomic E-state index is 12.7. The van der Waals surface area contributed by atoms with E-state index < -0.39 is 11.2 Å². The summed E-state index contributed by atoms with van der Waals surface area (Å²) in [6.07, 6.45) is 0. The molecule has 1 aliphatic heterocycles. The van der Waals surface area contributed by atoms with E-state index in [1.807, 2.05) is 24.3 Å². The number of carbonyl (C=O) groups excluding carboxylic acids is 1. The number of anilines is 1. The van der Waals surface area contributed by atoms with E-state index >= 15 is 0 Å². The van der Waals surface area contributed by atoms with Crippen LogP contribution in [0.4, 0.5) is 5.69 Å². The Hall–Kier alpha value is -3.06. The van der Waals surface area contributed by atoms with E-state index in [2.05, 4.69) is 9.88 Å². The zero-order valence-corrected chi connectivity index (χ0v) is 15.9. The molecule has 144 valence electrons. The monoisotopic (exact) mass is 398 g/mol. The van der Waals surface area contributed by atoms with Gasteiger partial charge in [-0.1, -0.05) is 23.7 Å². The van der Waals surface area contributed by atoms with E-state index in [-0.39, 0.29) is 12.5 Å². The van der Waals surface area contributed by atoms with E-state index in [0.29, 0.717) is 42.1 Å². The maximum Gasteiger partial charge on any atom is 0.329 e. The molecule has 0 radical (unpaired) electrons. The molecule has 0 saturated carbocycles. The average molecular weight is 399 g/mol. The van der Waals surface area contributed by atoms with Crippen LogP contribution < -0.4 is 16.1 Å². The Kier molecular flexibility index (Phi) is 4.92. The van der Waals surface area contributed by atoms with E-state index in [4.69, 9.17) is 11.6 Å². The number of nitrogens with one attached hydrogen (secondary N) is 1. The molecule has 8 heteroatoms. The molecule has 1 fully saturated rings. The van der Waals surface area contributed by atoms with Crippen molar-refractivity contribution < 1.29 is 4.79 Å². The second-order valence-corrected chi connectivity index (χ2v) is 7.15. The molecular formula is C20H19ClN4O3. The van der Waals surface area contributed by atoms with Gasteiger partial charge in [-0.25, -0.2) is 4.79 Å². The van der Waals surface area contributed by atoms with Crippen LogP contribution in [0.3, 0.4) is 0 Å². The van der Waals surface area contributed by atoms with Gasteiger partial charge in [-0.15, -0.1) is 0 Å². The van der Waals surface area contributed by atoms with Crippen LogP contribution in [-0.4, -0.2) is 46.5 Å². The van der Waals surface area contributed by atoms with Crippen LogP contribution in [0, 0.1) is 0 Å². The number of halogens is 1. The molecule has 0 spiro atoms. The third-order valence-electron chi connectivity index (χ3n) is 5.01. The van der Waals surface area contributed by atoms with Gasteiger partial charge >= 0.3 is 5.69 Å². The summed E-state index contributed by atoms with van der Waals surface area (Å²) in [5, 5.41) is 1.08. The summed E-state index contributed by atoms with van der Waals surface area (Å²) in [5.74, 6) is -0.237. The molecule has 1 saturated heterocycles. The molecule has 3 aromatic rings. The third kappa shape index (κ3) is 3.53. The van der Waals surface area contributed by atoms with Gasteiger partial charge in [0.25, 0.3) is 5.56 Å².